The minimum Gasteiger partial charge on any atom is -0.398 e. The van der Waals surface area contributed by atoms with Gasteiger partial charge in [0.1, 0.15) is 0 Å². The van der Waals surface area contributed by atoms with Crippen molar-refractivity contribution in [3.05, 3.63) is 65.7 Å². The van der Waals surface area contributed by atoms with Gasteiger partial charge < -0.3 is 16.4 Å². The summed E-state index contributed by atoms with van der Waals surface area (Å²) in [6, 6.07) is 14.4. The number of aromatic nitrogens is 1. The molecule has 1 aromatic heterocycles. The Hall–Kier alpha value is -2.86. The second-order valence-corrected chi connectivity index (χ2v) is 5.48. The average molecular weight is 310 g/mol. The van der Waals surface area contributed by atoms with Crippen LogP contribution >= 0.6 is 11.3 Å². The number of hydrogen-bond acceptors (Lipinski definition) is 5. The third-order valence-electron chi connectivity index (χ3n) is 3.01. The fourth-order valence-electron chi connectivity index (χ4n) is 1.99. The molecule has 5 nitrogen and oxygen atoms in total. The first-order chi connectivity index (χ1) is 10.7. The normalized spacial score (nSPS) is 10.2. The van der Waals surface area contributed by atoms with Gasteiger partial charge in [-0.05, 0) is 30.3 Å². The molecule has 22 heavy (non-hydrogen) atoms. The molecule has 1 heterocycles. The van der Waals surface area contributed by atoms with Crippen molar-refractivity contribution in [1.29, 1.82) is 0 Å². The molecule has 0 spiro atoms. The number of para-hydroxylation sites is 1. The maximum absolute atomic E-state index is 12.2. The van der Waals surface area contributed by atoms with Crippen LogP contribution in [0.4, 0.5) is 22.2 Å². The summed E-state index contributed by atoms with van der Waals surface area (Å²) in [4.78, 5) is 16.4. The van der Waals surface area contributed by atoms with Gasteiger partial charge in [-0.2, -0.15) is 0 Å². The Morgan fingerprint density at radius 3 is 2.68 bits per heavy atom. The molecule has 0 bridgehead atoms. The van der Waals surface area contributed by atoms with Gasteiger partial charge in [0.05, 0.1) is 5.56 Å². The first-order valence-electron chi connectivity index (χ1n) is 6.65. The lowest BCUT2D eigenvalue weighted by atomic mass is 10.1. The number of nitrogens with two attached hydrogens (primary N) is 1. The lowest BCUT2D eigenvalue weighted by Crippen LogP contribution is -2.13. The quantitative estimate of drug-likeness (QED) is 0.642. The lowest BCUT2D eigenvalue weighted by molar-refractivity contribution is 0.102. The average Bonchev–Trinajstić information content (AvgIpc) is 3.01. The van der Waals surface area contributed by atoms with Crippen LogP contribution in [0.3, 0.4) is 0 Å². The molecule has 1 amide bonds. The van der Waals surface area contributed by atoms with E-state index in [0.717, 1.165) is 10.8 Å². The zero-order chi connectivity index (χ0) is 15.4. The zero-order valence-electron chi connectivity index (χ0n) is 11.6. The number of nitrogen functional groups attached to an aromatic ring is 1. The van der Waals surface area contributed by atoms with Crippen LogP contribution in [0.1, 0.15) is 10.4 Å². The molecule has 6 heteroatoms. The number of thiazole rings is 1. The summed E-state index contributed by atoms with van der Waals surface area (Å²) in [5.74, 6) is -0.232. The second kappa shape index (κ2) is 6.28. The molecule has 0 aliphatic heterocycles. The monoisotopic (exact) mass is 310 g/mol. The van der Waals surface area contributed by atoms with Crippen molar-refractivity contribution < 1.29 is 4.79 Å². The van der Waals surface area contributed by atoms with Gasteiger partial charge in [-0.3, -0.25) is 4.79 Å². The molecule has 0 aliphatic rings. The maximum atomic E-state index is 12.2. The number of rotatable bonds is 4. The number of carbonyl (C=O) groups excluding carboxylic acids is 1. The highest BCUT2D eigenvalue weighted by atomic mass is 32.1. The van der Waals surface area contributed by atoms with Crippen molar-refractivity contribution >= 4 is 39.4 Å². The maximum Gasteiger partial charge on any atom is 0.257 e. The highest BCUT2D eigenvalue weighted by Crippen LogP contribution is 2.22. The van der Waals surface area contributed by atoms with Gasteiger partial charge in [0.2, 0.25) is 0 Å². The van der Waals surface area contributed by atoms with Gasteiger partial charge >= 0.3 is 0 Å². The molecule has 3 rings (SSSR count). The van der Waals surface area contributed by atoms with Crippen LogP contribution in [0.5, 0.6) is 0 Å². The minimum absolute atomic E-state index is 0.232. The predicted octanol–water partition coefficient (Wildman–Crippen LogP) is 3.72. The van der Waals surface area contributed by atoms with Gasteiger partial charge in [0, 0.05) is 28.6 Å². The number of benzene rings is 2. The number of nitrogens with zero attached hydrogens (tertiary/aromatic N) is 1. The van der Waals surface area contributed by atoms with Crippen molar-refractivity contribution in [3.8, 4) is 0 Å². The minimum atomic E-state index is -0.232. The van der Waals surface area contributed by atoms with Gasteiger partial charge in [-0.25, -0.2) is 4.98 Å². The van der Waals surface area contributed by atoms with Crippen molar-refractivity contribution in [2.24, 2.45) is 0 Å². The van der Waals surface area contributed by atoms with E-state index in [0.29, 0.717) is 16.9 Å². The molecule has 0 saturated carbocycles. The molecule has 4 N–H and O–H groups in total. The number of nitrogens with one attached hydrogen (secondary N) is 2. The van der Waals surface area contributed by atoms with Crippen LogP contribution in [-0.4, -0.2) is 10.9 Å². The molecule has 110 valence electrons. The Kier molecular flexibility index (Phi) is 4.02. The summed E-state index contributed by atoms with van der Waals surface area (Å²) in [6.45, 7) is 0. The molecule has 0 aliphatic carbocycles. The van der Waals surface area contributed by atoms with E-state index in [9.17, 15) is 4.79 Å². The van der Waals surface area contributed by atoms with Gasteiger partial charge in [-0.1, -0.05) is 18.2 Å². The third-order valence-corrected chi connectivity index (χ3v) is 3.70. The fraction of sp³-hybridized carbons (Fsp3) is 0. The summed E-state index contributed by atoms with van der Waals surface area (Å²) in [6.07, 6.45) is 1.73. The van der Waals surface area contributed by atoms with Crippen LogP contribution in [0.15, 0.2) is 60.1 Å². The van der Waals surface area contributed by atoms with E-state index in [2.05, 4.69) is 15.6 Å². The van der Waals surface area contributed by atoms with E-state index in [-0.39, 0.29) is 5.91 Å². The summed E-state index contributed by atoms with van der Waals surface area (Å²) < 4.78 is 0. The van der Waals surface area contributed by atoms with Crippen molar-refractivity contribution in [1.82, 2.24) is 4.98 Å². The lowest BCUT2D eigenvalue weighted by Gasteiger charge is -2.09. The molecular weight excluding hydrogens is 296 g/mol. The van der Waals surface area contributed by atoms with E-state index in [4.69, 9.17) is 5.73 Å². The molecule has 0 unspecified atom stereocenters. The molecule has 0 atom stereocenters. The number of hydrogen-bond donors (Lipinski definition) is 3. The van der Waals surface area contributed by atoms with Crippen molar-refractivity contribution in [2.45, 2.75) is 0 Å². The molecule has 3 aromatic rings. The number of carbonyl (C=O) groups is 1. The number of amides is 1. The largest absolute Gasteiger partial charge is 0.398 e. The first kappa shape index (κ1) is 14.1. The number of anilines is 4. The summed E-state index contributed by atoms with van der Waals surface area (Å²) in [5, 5.41) is 8.72. The first-order valence-corrected chi connectivity index (χ1v) is 7.53. The molecule has 0 saturated heterocycles. The Bertz CT molecular complexity index is 786. The van der Waals surface area contributed by atoms with Crippen LogP contribution in [0, 0.1) is 0 Å². The predicted molar refractivity (Wildman–Crippen MR) is 90.6 cm³/mol. The molecule has 0 radical (unpaired) electrons. The molecule has 0 fully saturated rings. The summed E-state index contributed by atoms with van der Waals surface area (Å²) in [5.41, 5.74) is 8.27. The Morgan fingerprint density at radius 1 is 1.09 bits per heavy atom. The van der Waals surface area contributed by atoms with E-state index in [1.165, 1.54) is 11.3 Å². The van der Waals surface area contributed by atoms with Crippen LogP contribution < -0.4 is 16.4 Å². The van der Waals surface area contributed by atoms with E-state index < -0.39 is 0 Å². The Balaban J connectivity index is 1.75. The second-order valence-electron chi connectivity index (χ2n) is 4.58. The summed E-state index contributed by atoms with van der Waals surface area (Å²) >= 11 is 1.51. The van der Waals surface area contributed by atoms with E-state index in [1.54, 1.807) is 30.5 Å². The van der Waals surface area contributed by atoms with Crippen LogP contribution in [-0.2, 0) is 0 Å². The smallest absolute Gasteiger partial charge is 0.257 e. The van der Waals surface area contributed by atoms with Crippen molar-refractivity contribution in [2.75, 3.05) is 16.4 Å². The SMILES string of the molecule is Nc1ccccc1C(=O)Nc1cccc(Nc2nccs2)c1. The Labute approximate surface area is 131 Å². The Morgan fingerprint density at radius 2 is 1.91 bits per heavy atom. The standard InChI is InChI=1S/C16H14N4OS/c17-14-7-2-1-6-13(14)15(21)19-11-4-3-5-12(10-11)20-16-18-8-9-22-16/h1-10H,17H2,(H,18,20)(H,19,21). The van der Waals surface area contributed by atoms with Crippen LogP contribution in [0.2, 0.25) is 0 Å². The van der Waals surface area contributed by atoms with E-state index in [1.807, 2.05) is 29.6 Å². The van der Waals surface area contributed by atoms with Gasteiger partial charge in [0.25, 0.3) is 5.91 Å². The van der Waals surface area contributed by atoms with Gasteiger partial charge in [-0.15, -0.1) is 11.3 Å². The fourth-order valence-corrected chi connectivity index (χ4v) is 2.53. The molecular formula is C16H14N4OS. The highest BCUT2D eigenvalue weighted by Gasteiger charge is 2.09. The zero-order valence-corrected chi connectivity index (χ0v) is 12.4. The van der Waals surface area contributed by atoms with E-state index >= 15 is 0 Å². The van der Waals surface area contributed by atoms with Gasteiger partial charge in [0.15, 0.2) is 5.13 Å². The highest BCUT2D eigenvalue weighted by molar-refractivity contribution is 7.13. The van der Waals surface area contributed by atoms with Crippen molar-refractivity contribution in [3.63, 3.8) is 0 Å². The topological polar surface area (TPSA) is 80.0 Å². The summed E-state index contributed by atoms with van der Waals surface area (Å²) in [7, 11) is 0. The van der Waals surface area contributed by atoms with Crippen LogP contribution in [0.25, 0.3) is 0 Å². The molecule has 2 aromatic carbocycles. The third kappa shape index (κ3) is 3.24.